The van der Waals surface area contributed by atoms with Crippen LogP contribution < -0.4 is 15.4 Å². The van der Waals surface area contributed by atoms with Gasteiger partial charge in [0.1, 0.15) is 11.0 Å². The molecule has 1 heterocycles. The van der Waals surface area contributed by atoms with E-state index in [4.69, 9.17) is 40.2 Å². The van der Waals surface area contributed by atoms with Crippen LogP contribution in [0.15, 0.2) is 48.5 Å². The number of methoxy groups -OCH3 is 1. The number of thiocarbonyl (C=S) groups is 1. The highest BCUT2D eigenvalue weighted by atomic mass is 35.5. The van der Waals surface area contributed by atoms with E-state index >= 15 is 0 Å². The first-order valence-corrected chi connectivity index (χ1v) is 12.6. The molecule has 4 rings (SSSR count). The average molecular weight is 542 g/mol. The van der Waals surface area contributed by atoms with Crippen molar-refractivity contribution in [3.05, 3.63) is 75.3 Å². The summed E-state index contributed by atoms with van der Waals surface area (Å²) in [6.07, 6.45) is 3.40. The predicted molar refractivity (Wildman–Crippen MR) is 149 cm³/mol. The lowest BCUT2D eigenvalue weighted by atomic mass is 10.1. The maximum absolute atomic E-state index is 12.7. The van der Waals surface area contributed by atoms with Gasteiger partial charge in [0, 0.05) is 11.3 Å². The van der Waals surface area contributed by atoms with Crippen LogP contribution in [0.1, 0.15) is 41.3 Å². The quantitative estimate of drug-likeness (QED) is 0.259. The molecule has 0 saturated heterocycles. The van der Waals surface area contributed by atoms with Crippen LogP contribution in [0.2, 0.25) is 10.0 Å². The molecule has 0 aliphatic heterocycles. The maximum Gasteiger partial charge on any atom is 0.257 e. The van der Waals surface area contributed by atoms with Crippen LogP contribution >= 0.6 is 35.4 Å². The second kappa shape index (κ2) is 11.2. The Labute approximate surface area is 224 Å². The zero-order valence-electron chi connectivity index (χ0n) is 20.1. The molecule has 3 aromatic carbocycles. The van der Waals surface area contributed by atoms with Gasteiger partial charge in [0.25, 0.3) is 5.91 Å². The molecule has 36 heavy (non-hydrogen) atoms. The number of aromatic nitrogens is 3. The Morgan fingerprint density at radius 2 is 1.69 bits per heavy atom. The molecule has 0 radical (unpaired) electrons. The summed E-state index contributed by atoms with van der Waals surface area (Å²) in [6.45, 7) is 4.11. The molecule has 0 saturated carbocycles. The maximum atomic E-state index is 12.7. The third kappa shape index (κ3) is 5.78. The second-order valence-electron chi connectivity index (χ2n) is 8.30. The number of aryl methyl sites for hydroxylation is 2. The van der Waals surface area contributed by atoms with Crippen molar-refractivity contribution < 1.29 is 9.53 Å². The number of hydrogen-bond acceptors (Lipinski definition) is 5. The van der Waals surface area contributed by atoms with Crippen molar-refractivity contribution in [3.63, 3.8) is 0 Å². The van der Waals surface area contributed by atoms with Crippen LogP contribution in [0.3, 0.4) is 0 Å². The van der Waals surface area contributed by atoms with E-state index in [1.54, 1.807) is 4.80 Å². The second-order valence-corrected chi connectivity index (χ2v) is 9.52. The Bertz CT molecular complexity index is 1410. The van der Waals surface area contributed by atoms with Crippen molar-refractivity contribution in [2.24, 2.45) is 0 Å². The highest BCUT2D eigenvalue weighted by Gasteiger charge is 2.16. The molecule has 2 N–H and O–H groups in total. The van der Waals surface area contributed by atoms with Gasteiger partial charge in [-0.3, -0.25) is 10.1 Å². The van der Waals surface area contributed by atoms with E-state index in [9.17, 15) is 4.79 Å². The highest BCUT2D eigenvalue weighted by Crippen LogP contribution is 2.33. The lowest BCUT2D eigenvalue weighted by molar-refractivity contribution is 0.0977. The van der Waals surface area contributed by atoms with Crippen molar-refractivity contribution in [3.8, 4) is 11.4 Å². The summed E-state index contributed by atoms with van der Waals surface area (Å²) in [6, 6.07) is 15.0. The molecule has 0 fully saturated rings. The predicted octanol–water partition coefficient (Wildman–Crippen LogP) is 6.51. The molecule has 1 aromatic heterocycles. The molecule has 0 aliphatic carbocycles. The fourth-order valence-corrected chi connectivity index (χ4v) is 4.55. The van der Waals surface area contributed by atoms with Gasteiger partial charge in [0.05, 0.1) is 22.8 Å². The zero-order chi connectivity index (χ0) is 25.8. The summed E-state index contributed by atoms with van der Waals surface area (Å²) in [7, 11) is 1.45. The minimum atomic E-state index is -0.453. The van der Waals surface area contributed by atoms with Gasteiger partial charge in [-0.25, -0.2) is 0 Å². The van der Waals surface area contributed by atoms with Crippen LogP contribution in [-0.4, -0.2) is 33.1 Å². The molecular weight excluding hydrogens is 517 g/mol. The van der Waals surface area contributed by atoms with Gasteiger partial charge >= 0.3 is 0 Å². The number of halogens is 2. The molecule has 0 bridgehead atoms. The lowest BCUT2D eigenvalue weighted by Gasteiger charge is -2.13. The number of nitrogens with zero attached hydrogens (tertiary/aromatic N) is 3. The van der Waals surface area contributed by atoms with Gasteiger partial charge in [0.2, 0.25) is 0 Å². The SMILES string of the molecule is CCCCc1ccc(-n2nc3cc(C)c(NC(=S)NC(=O)c4cc(Cl)c(OC)c(Cl)c4)cc3n2)cc1. The Hall–Kier alpha value is -3.20. The van der Waals surface area contributed by atoms with Gasteiger partial charge in [-0.1, -0.05) is 48.7 Å². The zero-order valence-corrected chi connectivity index (χ0v) is 22.4. The van der Waals surface area contributed by atoms with E-state index in [-0.39, 0.29) is 20.7 Å². The van der Waals surface area contributed by atoms with Gasteiger partial charge < -0.3 is 10.1 Å². The van der Waals surface area contributed by atoms with Crippen molar-refractivity contribution in [2.45, 2.75) is 33.1 Å². The number of ether oxygens (including phenoxy) is 1. The van der Waals surface area contributed by atoms with Crippen molar-refractivity contribution in [1.29, 1.82) is 0 Å². The number of rotatable bonds is 7. The summed E-state index contributed by atoms with van der Waals surface area (Å²) in [4.78, 5) is 14.3. The van der Waals surface area contributed by atoms with E-state index < -0.39 is 5.91 Å². The third-order valence-electron chi connectivity index (χ3n) is 5.65. The van der Waals surface area contributed by atoms with Gasteiger partial charge in [0.15, 0.2) is 10.9 Å². The molecule has 0 aliphatic rings. The minimum absolute atomic E-state index is 0.126. The van der Waals surface area contributed by atoms with Gasteiger partial charge in [-0.05, 0) is 79.5 Å². The van der Waals surface area contributed by atoms with Crippen LogP contribution in [-0.2, 0) is 6.42 Å². The Morgan fingerprint density at radius 3 is 2.31 bits per heavy atom. The molecule has 4 aromatic rings. The Morgan fingerprint density at radius 1 is 1.06 bits per heavy atom. The number of unbranched alkanes of at least 4 members (excludes halogenated alkanes) is 1. The minimum Gasteiger partial charge on any atom is -0.494 e. The fraction of sp³-hybridized carbons (Fsp3) is 0.231. The van der Waals surface area contributed by atoms with Crippen LogP contribution in [0, 0.1) is 6.92 Å². The van der Waals surface area contributed by atoms with E-state index in [2.05, 4.69) is 39.9 Å². The number of benzene rings is 3. The molecule has 7 nitrogen and oxygen atoms in total. The largest absolute Gasteiger partial charge is 0.494 e. The topological polar surface area (TPSA) is 81.1 Å². The summed E-state index contributed by atoms with van der Waals surface area (Å²) < 4.78 is 5.12. The number of carbonyl (C=O) groups is 1. The van der Waals surface area contributed by atoms with Crippen LogP contribution in [0.25, 0.3) is 16.7 Å². The van der Waals surface area contributed by atoms with Crippen LogP contribution in [0.5, 0.6) is 5.75 Å². The van der Waals surface area contributed by atoms with Crippen molar-refractivity contribution in [1.82, 2.24) is 20.3 Å². The number of amides is 1. The standard InChI is InChI=1S/C26H25Cl2N5O2S/c1-4-5-6-16-7-9-18(10-8-16)33-31-22-11-15(2)21(14-23(22)32-33)29-26(36)30-25(34)17-12-19(27)24(35-3)20(28)13-17/h7-14H,4-6H2,1-3H3,(H2,29,30,34,36). The molecule has 10 heteroatoms. The smallest absolute Gasteiger partial charge is 0.257 e. The van der Waals surface area contributed by atoms with E-state index in [0.29, 0.717) is 17.0 Å². The fourth-order valence-electron chi connectivity index (χ4n) is 3.71. The van der Waals surface area contributed by atoms with Crippen molar-refractivity contribution >= 4 is 63.2 Å². The molecular formula is C26H25Cl2N5O2S. The van der Waals surface area contributed by atoms with Gasteiger partial charge in [-0.15, -0.1) is 10.2 Å². The molecule has 0 spiro atoms. The van der Waals surface area contributed by atoms with Gasteiger partial charge in [-0.2, -0.15) is 4.80 Å². The third-order valence-corrected chi connectivity index (χ3v) is 6.42. The number of carbonyl (C=O) groups excluding carboxylic acids is 1. The van der Waals surface area contributed by atoms with Crippen molar-refractivity contribution in [2.75, 3.05) is 12.4 Å². The number of anilines is 1. The van der Waals surface area contributed by atoms with Crippen LogP contribution in [0.4, 0.5) is 5.69 Å². The van der Waals surface area contributed by atoms with E-state index in [1.807, 2.05) is 31.2 Å². The number of hydrogen-bond donors (Lipinski definition) is 2. The van der Waals surface area contributed by atoms with E-state index in [1.165, 1.54) is 37.6 Å². The molecule has 1 amide bonds. The lowest BCUT2D eigenvalue weighted by Crippen LogP contribution is -2.34. The number of fused-ring (bicyclic) bond motifs is 1. The summed E-state index contributed by atoms with van der Waals surface area (Å²) in [5.41, 5.74) is 5.50. The normalized spacial score (nSPS) is 10.9. The molecule has 0 unspecified atom stereocenters. The monoisotopic (exact) mass is 541 g/mol. The summed E-state index contributed by atoms with van der Waals surface area (Å²) in [5, 5.41) is 15.5. The Kier molecular flexibility index (Phi) is 8.08. The first-order valence-electron chi connectivity index (χ1n) is 11.4. The Balaban J connectivity index is 1.48. The summed E-state index contributed by atoms with van der Waals surface area (Å²) >= 11 is 17.6. The first-order chi connectivity index (χ1) is 17.3. The average Bonchev–Trinajstić information content (AvgIpc) is 3.25. The number of nitrogens with one attached hydrogen (secondary N) is 2. The molecule has 186 valence electrons. The summed E-state index contributed by atoms with van der Waals surface area (Å²) in [5.74, 6) is -0.147. The highest BCUT2D eigenvalue weighted by molar-refractivity contribution is 7.80. The molecule has 0 atom stereocenters. The van der Waals surface area contributed by atoms with E-state index in [0.717, 1.165) is 23.2 Å². The first kappa shape index (κ1) is 25.9.